The number of esters is 2. The molecule has 1 aromatic heterocycles. The number of phosphoric ester groups is 2. The Morgan fingerprint density at radius 3 is 1.57 bits per heavy atom. The highest BCUT2D eigenvalue weighted by Crippen LogP contribution is 2.60. The Morgan fingerprint density at radius 2 is 1.10 bits per heavy atom. The molecule has 0 amide bonds. The Balaban J connectivity index is 1.78. The molecule has 0 saturated carbocycles. The lowest BCUT2D eigenvalue weighted by Crippen LogP contribution is -2.36. The van der Waals surface area contributed by atoms with Crippen molar-refractivity contribution >= 4 is 33.4 Å². The van der Waals surface area contributed by atoms with Gasteiger partial charge in [-0.05, 0) is 30.7 Å². The number of nitrogens with zero attached hydrogens (tertiary/aromatic N) is 2. The number of unbranched alkanes of at least 4 members (excludes halogenated alkanes) is 21. The summed E-state index contributed by atoms with van der Waals surface area (Å²) in [5, 5.41) is 20.9. The zero-order valence-corrected chi connectivity index (χ0v) is 42.8. The number of aliphatic hydroxyl groups is 2. The number of hydrogen-bond acceptors (Lipinski definition) is 15. The van der Waals surface area contributed by atoms with Crippen molar-refractivity contribution < 1.29 is 66.3 Å². The fraction of sp³-hybridized carbons (Fsp3) is 0.872. The molecule has 1 saturated heterocycles. The average molecular weight is 996 g/mol. The van der Waals surface area contributed by atoms with Gasteiger partial charge in [-0.15, -0.1) is 0 Å². The molecule has 390 valence electrons. The van der Waals surface area contributed by atoms with Crippen LogP contribution in [0.4, 0.5) is 5.82 Å². The Labute approximate surface area is 400 Å². The van der Waals surface area contributed by atoms with Gasteiger partial charge < -0.3 is 39.9 Å². The maximum Gasteiger partial charge on any atom is 0.481 e. The van der Waals surface area contributed by atoms with E-state index < -0.39 is 83.7 Å². The molecular weight excluding hydrogens is 908 g/mol. The van der Waals surface area contributed by atoms with Gasteiger partial charge in [0.05, 0.1) is 13.2 Å². The van der Waals surface area contributed by atoms with Gasteiger partial charge in [-0.1, -0.05) is 175 Å². The summed E-state index contributed by atoms with van der Waals surface area (Å²) in [6.07, 6.45) is 22.1. The quantitative estimate of drug-likeness (QED) is 0.0232. The summed E-state index contributed by atoms with van der Waals surface area (Å²) in [6.45, 7) is 6.76. The number of nitrogen functional groups attached to an aromatic ring is 1. The molecular formula is C47H87N3O15P2. The first-order chi connectivity index (χ1) is 31.9. The van der Waals surface area contributed by atoms with Gasteiger partial charge in [0, 0.05) is 19.0 Å². The summed E-state index contributed by atoms with van der Waals surface area (Å²) >= 11 is 0. The van der Waals surface area contributed by atoms with E-state index in [1.54, 1.807) is 0 Å². The number of hydrogen-bond donors (Lipinski definition) is 5. The summed E-state index contributed by atoms with van der Waals surface area (Å²) in [4.78, 5) is 61.8. The lowest BCUT2D eigenvalue weighted by molar-refractivity contribution is -0.161. The van der Waals surface area contributed by atoms with E-state index in [-0.39, 0.29) is 18.7 Å². The van der Waals surface area contributed by atoms with Gasteiger partial charge in [-0.3, -0.25) is 23.2 Å². The largest absolute Gasteiger partial charge is 0.481 e. The number of rotatable bonds is 41. The summed E-state index contributed by atoms with van der Waals surface area (Å²) < 4.78 is 56.8. The maximum absolute atomic E-state index is 12.8. The van der Waals surface area contributed by atoms with Gasteiger partial charge in [0.25, 0.3) is 0 Å². The summed E-state index contributed by atoms with van der Waals surface area (Å²) in [7, 11) is -10.8. The Hall–Kier alpha value is -2.24. The zero-order valence-electron chi connectivity index (χ0n) is 41.1. The SMILES string of the molecule is CC(C)CCCCCCCCCCCCCCCCC(=O)OC[C@H](COP(=O)(O)OP(=O)(O)OC[C@H]1O[C@@H](n2ccc(N)nc2=O)C(O)[C@H]1O)OC(=O)CCCCCCCCCCCC(C)C. The minimum atomic E-state index is -5.42. The van der Waals surface area contributed by atoms with Crippen LogP contribution in [0.15, 0.2) is 17.1 Å². The molecule has 1 aliphatic heterocycles. The second kappa shape index (κ2) is 35.0. The molecule has 3 unspecified atom stereocenters. The normalized spacial score (nSPS) is 19.7. The van der Waals surface area contributed by atoms with E-state index in [1.807, 2.05) is 0 Å². The van der Waals surface area contributed by atoms with E-state index in [2.05, 4.69) is 37.0 Å². The van der Waals surface area contributed by atoms with Crippen molar-refractivity contribution in [2.45, 2.75) is 232 Å². The molecule has 18 nitrogen and oxygen atoms in total. The fourth-order valence-corrected chi connectivity index (χ4v) is 9.97. The third-order valence-electron chi connectivity index (χ3n) is 11.8. The average Bonchev–Trinajstić information content (AvgIpc) is 3.53. The van der Waals surface area contributed by atoms with Crippen molar-refractivity contribution in [1.82, 2.24) is 9.55 Å². The smallest absolute Gasteiger partial charge is 0.462 e. The highest BCUT2D eigenvalue weighted by molar-refractivity contribution is 7.61. The third-order valence-corrected chi connectivity index (χ3v) is 14.4. The maximum atomic E-state index is 12.8. The molecule has 6 N–H and O–H groups in total. The van der Waals surface area contributed by atoms with Crippen LogP contribution in [0.2, 0.25) is 0 Å². The lowest BCUT2D eigenvalue weighted by atomic mass is 10.0. The Morgan fingerprint density at radius 1 is 0.672 bits per heavy atom. The van der Waals surface area contributed by atoms with Gasteiger partial charge in [0.15, 0.2) is 12.3 Å². The van der Waals surface area contributed by atoms with E-state index in [1.165, 1.54) is 109 Å². The lowest BCUT2D eigenvalue weighted by Gasteiger charge is -2.21. The molecule has 0 aromatic carbocycles. The van der Waals surface area contributed by atoms with Crippen LogP contribution in [0, 0.1) is 11.8 Å². The van der Waals surface area contributed by atoms with Gasteiger partial charge in [0.2, 0.25) is 0 Å². The van der Waals surface area contributed by atoms with Crippen LogP contribution in [0.1, 0.15) is 207 Å². The van der Waals surface area contributed by atoms with Gasteiger partial charge >= 0.3 is 33.3 Å². The number of nitrogens with two attached hydrogens (primary N) is 1. The molecule has 0 radical (unpaired) electrons. The number of ether oxygens (including phenoxy) is 3. The van der Waals surface area contributed by atoms with Crippen LogP contribution < -0.4 is 11.4 Å². The number of carbonyl (C=O) groups is 2. The molecule has 0 bridgehead atoms. The van der Waals surface area contributed by atoms with Crippen LogP contribution in [-0.2, 0) is 46.3 Å². The standard InChI is InChI=1S/C47H87N3O15P2/c1-37(2)28-24-20-16-12-9-7-5-6-8-10-14-18-22-26-30-42(51)60-34-39(63-43(52)31-27-23-19-15-11-13-17-21-25-29-38(3)4)35-61-66(56,57)65-67(58,59)62-36-40-44(53)45(54)46(64-40)50-33-32-41(48)49-47(50)55/h32-33,37-40,44-46,53-54H,5-31,34-36H2,1-4H3,(H,56,57)(H,58,59)(H2,48,49,55)/t39-,40-,44+,45?,46-/m1/s1. The monoisotopic (exact) mass is 996 g/mol. The first-order valence-electron chi connectivity index (χ1n) is 25.3. The van der Waals surface area contributed by atoms with E-state index in [9.17, 15) is 43.5 Å². The predicted octanol–water partition coefficient (Wildman–Crippen LogP) is 10.00. The van der Waals surface area contributed by atoms with Crippen LogP contribution in [-0.4, -0.2) is 85.7 Å². The van der Waals surface area contributed by atoms with Crippen molar-refractivity contribution in [1.29, 1.82) is 0 Å². The Bertz CT molecular complexity index is 1650. The third kappa shape index (κ3) is 29.5. The van der Waals surface area contributed by atoms with Gasteiger partial charge in [-0.25, -0.2) is 13.9 Å². The first kappa shape index (κ1) is 60.9. The summed E-state index contributed by atoms with van der Waals surface area (Å²) in [5.74, 6) is 0.249. The minimum Gasteiger partial charge on any atom is -0.462 e. The molecule has 1 aromatic rings. The minimum absolute atomic E-state index is 0.0550. The first-order valence-corrected chi connectivity index (χ1v) is 28.3. The van der Waals surface area contributed by atoms with E-state index in [0.717, 1.165) is 67.8 Å². The number of aromatic nitrogens is 2. The molecule has 2 heterocycles. The van der Waals surface area contributed by atoms with Crippen LogP contribution >= 0.6 is 15.6 Å². The summed E-state index contributed by atoms with van der Waals surface area (Å²) in [5.41, 5.74) is 4.59. The molecule has 1 fully saturated rings. The molecule has 20 heteroatoms. The highest BCUT2D eigenvalue weighted by atomic mass is 31.3. The fourth-order valence-electron chi connectivity index (χ4n) is 7.86. The van der Waals surface area contributed by atoms with Crippen LogP contribution in [0.3, 0.4) is 0 Å². The van der Waals surface area contributed by atoms with E-state index in [0.29, 0.717) is 12.8 Å². The second-order valence-electron chi connectivity index (χ2n) is 19.0. The van der Waals surface area contributed by atoms with Gasteiger partial charge in [-0.2, -0.15) is 9.29 Å². The number of aliphatic hydroxyl groups excluding tert-OH is 2. The van der Waals surface area contributed by atoms with Crippen molar-refractivity contribution in [3.8, 4) is 0 Å². The molecule has 67 heavy (non-hydrogen) atoms. The van der Waals surface area contributed by atoms with Crippen LogP contribution in [0.5, 0.6) is 0 Å². The topological polar surface area (TPSA) is 265 Å². The van der Waals surface area contributed by atoms with Crippen molar-refractivity contribution in [2.24, 2.45) is 11.8 Å². The molecule has 0 spiro atoms. The molecule has 1 aliphatic rings. The van der Waals surface area contributed by atoms with Crippen LogP contribution in [0.25, 0.3) is 0 Å². The number of anilines is 1. The Kier molecular flexibility index (Phi) is 31.8. The second-order valence-corrected chi connectivity index (χ2v) is 22.0. The van der Waals surface area contributed by atoms with Crippen molar-refractivity contribution in [3.05, 3.63) is 22.7 Å². The summed E-state index contributed by atoms with van der Waals surface area (Å²) in [6, 6.07) is 1.25. The molecule has 0 aliphatic carbocycles. The number of phosphoric acid groups is 2. The van der Waals surface area contributed by atoms with Crippen molar-refractivity contribution in [3.63, 3.8) is 0 Å². The zero-order chi connectivity index (χ0) is 49.5. The molecule has 2 rings (SSSR count). The highest BCUT2D eigenvalue weighted by Gasteiger charge is 2.46. The van der Waals surface area contributed by atoms with Gasteiger partial charge in [0.1, 0.15) is 30.7 Å². The number of carbonyl (C=O) groups excluding carboxylic acids is 2. The van der Waals surface area contributed by atoms with E-state index in [4.69, 9.17) is 29.0 Å². The molecule has 7 atom stereocenters. The van der Waals surface area contributed by atoms with E-state index >= 15 is 0 Å². The predicted molar refractivity (Wildman–Crippen MR) is 257 cm³/mol. The van der Waals surface area contributed by atoms with Crippen molar-refractivity contribution in [2.75, 3.05) is 25.6 Å².